The molecule has 1 atom stereocenters. The minimum Gasteiger partial charge on any atom is -0.369 e. The van der Waals surface area contributed by atoms with Crippen LogP contribution in [0.5, 0.6) is 0 Å². The van der Waals surface area contributed by atoms with E-state index in [1.807, 2.05) is 12.1 Å². The molecule has 1 aromatic carbocycles. The predicted octanol–water partition coefficient (Wildman–Crippen LogP) is 4.97. The van der Waals surface area contributed by atoms with Gasteiger partial charge in [0.1, 0.15) is 23.3 Å². The number of aryl methyl sites for hydroxylation is 1. The Labute approximate surface area is 222 Å². The smallest absolute Gasteiger partial charge is 0.266 e. The molecule has 1 N–H and O–H groups in total. The van der Waals surface area contributed by atoms with Crippen molar-refractivity contribution in [3.8, 4) is 11.4 Å². The second-order valence-corrected chi connectivity index (χ2v) is 10.4. The number of alkyl halides is 3. The number of aromatic nitrogens is 3. The van der Waals surface area contributed by atoms with Gasteiger partial charge in [0.05, 0.1) is 17.2 Å². The Morgan fingerprint density at radius 3 is 2.62 bits per heavy atom. The lowest BCUT2D eigenvalue weighted by molar-refractivity contribution is -0.137. The van der Waals surface area contributed by atoms with Crippen LogP contribution >= 0.6 is 0 Å². The number of rotatable bonds is 5. The highest BCUT2D eigenvalue weighted by atomic mass is 19.3. The molecule has 4 heterocycles. The summed E-state index contributed by atoms with van der Waals surface area (Å²) in [6.07, 6.45) is 0.164. The van der Waals surface area contributed by atoms with E-state index in [0.29, 0.717) is 55.3 Å². The van der Waals surface area contributed by atoms with E-state index in [0.717, 1.165) is 23.0 Å². The number of benzene rings is 1. The molecule has 1 unspecified atom stereocenters. The van der Waals surface area contributed by atoms with Crippen molar-refractivity contribution in [3.05, 3.63) is 64.2 Å². The molecule has 0 saturated heterocycles. The summed E-state index contributed by atoms with van der Waals surface area (Å²) in [4.78, 5) is 27.9. The normalized spacial score (nSPS) is 19.2. The van der Waals surface area contributed by atoms with Gasteiger partial charge >= 0.3 is 0 Å². The van der Waals surface area contributed by atoms with E-state index in [1.54, 1.807) is 18.7 Å². The summed E-state index contributed by atoms with van der Waals surface area (Å²) in [6, 6.07) is 5.10. The van der Waals surface area contributed by atoms with Gasteiger partial charge in [-0.2, -0.15) is 0 Å². The van der Waals surface area contributed by atoms with Crippen molar-refractivity contribution in [3.63, 3.8) is 0 Å². The van der Waals surface area contributed by atoms with Crippen LogP contribution in [0.2, 0.25) is 0 Å². The van der Waals surface area contributed by atoms with E-state index < -0.39 is 35.4 Å². The molecule has 6 rings (SSSR count). The van der Waals surface area contributed by atoms with Crippen LogP contribution in [0, 0.1) is 12.7 Å². The average molecular weight is 541 g/mol. The molecule has 1 aromatic rings. The van der Waals surface area contributed by atoms with Gasteiger partial charge in [0, 0.05) is 37.3 Å². The summed E-state index contributed by atoms with van der Waals surface area (Å²) >= 11 is 0. The molecule has 1 amide bonds. The number of hydrogen-bond acceptors (Lipinski definition) is 5. The Hall–Kier alpha value is -3.76. The minimum absolute atomic E-state index is 0.0639. The van der Waals surface area contributed by atoms with Crippen LogP contribution in [0.4, 0.5) is 23.4 Å². The SMILES string of the molecule is Cc1nc2n3c(c(C4=CCN(C(=O)C5(F)CC5)CC4)cc-2c(=NC(C)c2cccc(C(F)F)c2F)n1)NCC3. The fraction of sp³-hybridized carbons (Fsp3) is 0.429. The van der Waals surface area contributed by atoms with E-state index in [2.05, 4.69) is 24.8 Å². The highest BCUT2D eigenvalue weighted by Gasteiger charge is 2.52. The first-order valence-electron chi connectivity index (χ1n) is 13.1. The zero-order valence-electron chi connectivity index (χ0n) is 21.6. The number of hydrogen-bond donors (Lipinski definition) is 1. The highest BCUT2D eigenvalue weighted by molar-refractivity contribution is 5.89. The minimum atomic E-state index is -2.93. The van der Waals surface area contributed by atoms with Crippen molar-refractivity contribution in [2.45, 2.75) is 57.8 Å². The number of amides is 1. The largest absolute Gasteiger partial charge is 0.369 e. The van der Waals surface area contributed by atoms with Crippen LogP contribution in [0.25, 0.3) is 17.0 Å². The van der Waals surface area contributed by atoms with Crippen molar-refractivity contribution < 1.29 is 22.4 Å². The quantitative estimate of drug-likeness (QED) is 0.464. The molecule has 7 nitrogen and oxygen atoms in total. The topological polar surface area (TPSA) is 75.4 Å². The van der Waals surface area contributed by atoms with Gasteiger partial charge in [-0.1, -0.05) is 24.3 Å². The first kappa shape index (κ1) is 25.5. The summed E-state index contributed by atoms with van der Waals surface area (Å²) in [5, 5.41) is 3.43. The monoisotopic (exact) mass is 540 g/mol. The Bertz CT molecular complexity index is 1540. The number of carbonyl (C=O) groups is 1. The summed E-state index contributed by atoms with van der Waals surface area (Å²) in [5.74, 6) is 0.643. The Morgan fingerprint density at radius 2 is 1.92 bits per heavy atom. The van der Waals surface area contributed by atoms with Crippen LogP contribution in [0.15, 0.2) is 35.3 Å². The molecular weight excluding hydrogens is 512 g/mol. The fourth-order valence-corrected chi connectivity index (χ4v) is 5.41. The molecule has 39 heavy (non-hydrogen) atoms. The lowest BCUT2D eigenvalue weighted by atomic mass is 9.97. The van der Waals surface area contributed by atoms with E-state index in [-0.39, 0.29) is 18.4 Å². The van der Waals surface area contributed by atoms with Crippen molar-refractivity contribution in [2.24, 2.45) is 4.99 Å². The number of pyridine rings is 1. The Kier molecular flexibility index (Phi) is 6.19. The number of halogens is 4. The van der Waals surface area contributed by atoms with Crippen LogP contribution in [-0.4, -0.2) is 50.6 Å². The predicted molar refractivity (Wildman–Crippen MR) is 137 cm³/mol. The lowest BCUT2D eigenvalue weighted by Gasteiger charge is -2.29. The van der Waals surface area contributed by atoms with Crippen molar-refractivity contribution >= 4 is 17.3 Å². The molecule has 11 heteroatoms. The van der Waals surface area contributed by atoms with Gasteiger partial charge in [-0.15, -0.1) is 0 Å². The molecule has 204 valence electrons. The van der Waals surface area contributed by atoms with Crippen LogP contribution in [0.3, 0.4) is 0 Å². The summed E-state index contributed by atoms with van der Waals surface area (Å²) in [7, 11) is 0. The maximum atomic E-state index is 14.9. The first-order chi connectivity index (χ1) is 18.7. The van der Waals surface area contributed by atoms with Gasteiger partial charge in [0.15, 0.2) is 11.2 Å². The van der Waals surface area contributed by atoms with Crippen molar-refractivity contribution in [2.75, 3.05) is 25.0 Å². The highest BCUT2D eigenvalue weighted by Crippen LogP contribution is 2.42. The molecular formula is C28H28F4N6O. The van der Waals surface area contributed by atoms with E-state index >= 15 is 0 Å². The third-order valence-corrected chi connectivity index (χ3v) is 7.69. The maximum Gasteiger partial charge on any atom is 0.266 e. The summed E-state index contributed by atoms with van der Waals surface area (Å²) in [5.41, 5.74) is 0.640. The zero-order chi connectivity index (χ0) is 27.5. The number of carbonyl (C=O) groups excluding carboxylic acids is 1. The van der Waals surface area contributed by atoms with E-state index in [9.17, 15) is 22.4 Å². The van der Waals surface area contributed by atoms with Crippen LogP contribution < -0.4 is 10.8 Å². The lowest BCUT2D eigenvalue weighted by Crippen LogP contribution is -2.41. The number of nitrogens with zero attached hydrogens (tertiary/aromatic N) is 5. The van der Waals surface area contributed by atoms with Gasteiger partial charge in [-0.25, -0.2) is 27.5 Å². The molecule has 5 aliphatic rings. The second kappa shape index (κ2) is 9.46. The van der Waals surface area contributed by atoms with Gasteiger partial charge < -0.3 is 14.8 Å². The summed E-state index contributed by atoms with van der Waals surface area (Å²) in [6.45, 7) is 5.51. The van der Waals surface area contributed by atoms with Gasteiger partial charge in [-0.3, -0.25) is 9.79 Å². The molecule has 1 aliphatic carbocycles. The number of fused-ring (bicyclic) bond motifs is 3. The first-order valence-corrected chi connectivity index (χ1v) is 13.1. The Morgan fingerprint density at radius 1 is 1.15 bits per heavy atom. The van der Waals surface area contributed by atoms with Crippen molar-refractivity contribution in [1.29, 1.82) is 0 Å². The third-order valence-electron chi connectivity index (χ3n) is 7.69. The van der Waals surface area contributed by atoms with Crippen LogP contribution in [0.1, 0.15) is 61.2 Å². The van der Waals surface area contributed by atoms with Gasteiger partial charge in [-0.05, 0) is 44.7 Å². The van der Waals surface area contributed by atoms with Crippen molar-refractivity contribution in [1.82, 2.24) is 19.4 Å². The average Bonchev–Trinajstić information content (AvgIpc) is 3.47. The molecule has 0 spiro atoms. The van der Waals surface area contributed by atoms with E-state index in [4.69, 9.17) is 0 Å². The number of nitrogens with one attached hydrogen (secondary N) is 1. The summed E-state index contributed by atoms with van der Waals surface area (Å²) < 4.78 is 57.9. The number of anilines is 1. The van der Waals surface area contributed by atoms with E-state index in [1.165, 1.54) is 12.1 Å². The zero-order valence-corrected chi connectivity index (χ0v) is 21.6. The fourth-order valence-electron chi connectivity index (χ4n) is 5.41. The molecule has 4 aliphatic heterocycles. The standard InChI is InChI=1S/C28H28F4N6O/c1-15(18-4-3-5-19(22(18)29)23(30)31)34-24-21-14-20(25-33-10-13-38(25)26(21)36-16(2)35-24)17-6-11-37(12-7-17)27(39)28(32)8-9-28/h3-6,14-15,23,33H,7-13H2,1-2H3. The second-order valence-electron chi connectivity index (χ2n) is 10.4. The molecule has 1 saturated carbocycles. The molecule has 0 bridgehead atoms. The maximum absolute atomic E-state index is 14.9. The van der Waals surface area contributed by atoms with Gasteiger partial charge in [0.2, 0.25) is 0 Å². The Balaban J connectivity index is 1.43. The van der Waals surface area contributed by atoms with Crippen LogP contribution in [-0.2, 0) is 11.3 Å². The third kappa shape index (κ3) is 4.47. The molecule has 1 fully saturated rings. The molecule has 0 radical (unpaired) electrons. The van der Waals surface area contributed by atoms with Gasteiger partial charge in [0.25, 0.3) is 12.3 Å². The molecule has 0 aromatic heterocycles.